The summed E-state index contributed by atoms with van der Waals surface area (Å²) in [6.45, 7) is 1.00. The van der Waals surface area contributed by atoms with Crippen LogP contribution in [0.4, 0.5) is 25.1 Å². The molecule has 9 heteroatoms. The summed E-state index contributed by atoms with van der Waals surface area (Å²) >= 11 is 0. The first-order valence-corrected chi connectivity index (χ1v) is 6.33. The summed E-state index contributed by atoms with van der Waals surface area (Å²) in [5.41, 5.74) is 0. The first-order chi connectivity index (χ1) is 9.43. The Labute approximate surface area is 114 Å². The Bertz CT molecular complexity index is 464. The van der Waals surface area contributed by atoms with E-state index >= 15 is 0 Å². The van der Waals surface area contributed by atoms with E-state index in [2.05, 4.69) is 20.3 Å². The molecule has 2 rings (SSSR count). The monoisotopic (exact) mass is 291 g/mol. The number of anilines is 2. The third kappa shape index (κ3) is 3.84. The number of rotatable bonds is 6. The van der Waals surface area contributed by atoms with Gasteiger partial charge in [-0.25, -0.2) is 0 Å². The van der Waals surface area contributed by atoms with Gasteiger partial charge in [-0.05, 0) is 19.8 Å². The molecule has 0 radical (unpaired) electrons. The second kappa shape index (κ2) is 5.68. The highest BCUT2D eigenvalue weighted by Gasteiger charge is 2.39. The summed E-state index contributed by atoms with van der Waals surface area (Å²) in [4.78, 5) is 13.0. The number of halogens is 3. The Hall–Kier alpha value is -1.80. The van der Waals surface area contributed by atoms with Crippen molar-refractivity contribution >= 4 is 11.9 Å². The quantitative estimate of drug-likeness (QED) is 0.863. The lowest BCUT2D eigenvalue weighted by Crippen LogP contribution is -2.37. The van der Waals surface area contributed by atoms with Crippen LogP contribution in [-0.4, -0.2) is 47.4 Å². The molecule has 0 unspecified atom stereocenters. The molecule has 1 aliphatic rings. The molecule has 6 nitrogen and oxygen atoms in total. The van der Waals surface area contributed by atoms with Gasteiger partial charge in [-0.2, -0.15) is 28.1 Å². The summed E-state index contributed by atoms with van der Waals surface area (Å²) in [7, 11) is 1.58. The molecule has 0 bridgehead atoms. The first-order valence-electron chi connectivity index (χ1n) is 6.33. The molecule has 112 valence electrons. The van der Waals surface area contributed by atoms with Gasteiger partial charge in [-0.1, -0.05) is 0 Å². The molecule has 0 amide bonds. The van der Waals surface area contributed by atoms with Crippen molar-refractivity contribution in [3.63, 3.8) is 0 Å². The molecule has 1 saturated carbocycles. The number of hydrogen-bond acceptors (Lipinski definition) is 6. The van der Waals surface area contributed by atoms with E-state index < -0.39 is 12.7 Å². The molecule has 0 saturated heterocycles. The van der Waals surface area contributed by atoms with Crippen LogP contribution in [0, 0.1) is 0 Å². The maximum atomic E-state index is 12.7. The Morgan fingerprint density at radius 1 is 1.30 bits per heavy atom. The van der Waals surface area contributed by atoms with E-state index in [1.807, 2.05) is 0 Å². The zero-order valence-corrected chi connectivity index (χ0v) is 11.2. The van der Waals surface area contributed by atoms with Crippen LogP contribution in [0.3, 0.4) is 0 Å². The third-order valence-corrected chi connectivity index (χ3v) is 2.69. The van der Waals surface area contributed by atoms with Crippen molar-refractivity contribution in [3.05, 3.63) is 0 Å². The van der Waals surface area contributed by atoms with Gasteiger partial charge < -0.3 is 15.0 Å². The van der Waals surface area contributed by atoms with Crippen LogP contribution < -0.4 is 15.0 Å². The van der Waals surface area contributed by atoms with E-state index in [4.69, 9.17) is 4.74 Å². The fourth-order valence-electron chi connectivity index (χ4n) is 1.72. The normalized spacial score (nSPS) is 15.1. The van der Waals surface area contributed by atoms with Gasteiger partial charge in [-0.15, -0.1) is 0 Å². The Morgan fingerprint density at radius 3 is 2.50 bits per heavy atom. The second-order valence-corrected chi connectivity index (χ2v) is 4.40. The van der Waals surface area contributed by atoms with Crippen LogP contribution in [-0.2, 0) is 0 Å². The largest absolute Gasteiger partial charge is 0.464 e. The summed E-state index contributed by atoms with van der Waals surface area (Å²) in [5.74, 6) is 0.180. The third-order valence-electron chi connectivity index (χ3n) is 2.69. The number of aromatic nitrogens is 3. The van der Waals surface area contributed by atoms with Gasteiger partial charge in [0.2, 0.25) is 11.9 Å². The van der Waals surface area contributed by atoms with E-state index in [9.17, 15) is 13.2 Å². The van der Waals surface area contributed by atoms with Crippen LogP contribution >= 0.6 is 0 Å². The van der Waals surface area contributed by atoms with Crippen molar-refractivity contribution in [2.45, 2.75) is 32.0 Å². The minimum Gasteiger partial charge on any atom is -0.464 e. The number of nitrogens with zero attached hydrogens (tertiary/aromatic N) is 4. The Balaban J connectivity index is 2.29. The maximum Gasteiger partial charge on any atom is 0.406 e. The highest BCUT2D eigenvalue weighted by Crippen LogP contribution is 2.33. The van der Waals surface area contributed by atoms with Crippen molar-refractivity contribution in [2.75, 3.05) is 30.4 Å². The first kappa shape index (κ1) is 14.6. The molecule has 0 aromatic carbocycles. The molecule has 1 heterocycles. The van der Waals surface area contributed by atoms with Crippen LogP contribution in [0.25, 0.3) is 0 Å². The lowest BCUT2D eigenvalue weighted by Gasteiger charge is -2.24. The van der Waals surface area contributed by atoms with Crippen molar-refractivity contribution in [1.29, 1.82) is 0 Å². The minimum absolute atomic E-state index is 0.00683. The Morgan fingerprint density at radius 2 is 2.00 bits per heavy atom. The van der Waals surface area contributed by atoms with Crippen molar-refractivity contribution in [3.8, 4) is 6.01 Å². The van der Waals surface area contributed by atoms with Crippen molar-refractivity contribution < 1.29 is 17.9 Å². The lowest BCUT2D eigenvalue weighted by atomic mass is 10.5. The number of ether oxygens (including phenoxy) is 1. The zero-order chi connectivity index (χ0) is 14.8. The van der Waals surface area contributed by atoms with Crippen LogP contribution in [0.5, 0.6) is 6.01 Å². The van der Waals surface area contributed by atoms with Gasteiger partial charge in [-0.3, -0.25) is 0 Å². The molecule has 1 N–H and O–H groups in total. The molecular formula is C11H16F3N5O. The number of hydrogen-bond donors (Lipinski definition) is 1. The smallest absolute Gasteiger partial charge is 0.406 e. The molecule has 0 atom stereocenters. The summed E-state index contributed by atoms with van der Waals surface area (Å²) in [5, 5.41) is 2.69. The average molecular weight is 291 g/mol. The van der Waals surface area contributed by atoms with Gasteiger partial charge in [0.25, 0.3) is 0 Å². The second-order valence-electron chi connectivity index (χ2n) is 4.40. The fraction of sp³-hybridized carbons (Fsp3) is 0.727. The van der Waals surface area contributed by atoms with Crippen LogP contribution in [0.1, 0.15) is 19.8 Å². The summed E-state index contributed by atoms with van der Waals surface area (Å²) < 4.78 is 43.1. The zero-order valence-electron chi connectivity index (χ0n) is 11.2. The van der Waals surface area contributed by atoms with Gasteiger partial charge in [0.05, 0.1) is 6.61 Å². The molecule has 1 aromatic heterocycles. The SMILES string of the molecule is CCOc1nc(NC)nc(N(CC(F)(F)F)C2CC2)n1. The molecular weight excluding hydrogens is 275 g/mol. The van der Waals surface area contributed by atoms with Gasteiger partial charge >= 0.3 is 12.2 Å². The topological polar surface area (TPSA) is 63.2 Å². The highest BCUT2D eigenvalue weighted by atomic mass is 19.4. The Kier molecular flexibility index (Phi) is 4.15. The van der Waals surface area contributed by atoms with Crippen LogP contribution in [0.15, 0.2) is 0 Å². The summed E-state index contributed by atoms with van der Waals surface area (Å²) in [6.07, 6.45) is -2.89. The maximum absolute atomic E-state index is 12.7. The molecule has 1 aromatic rings. The average Bonchev–Trinajstić information content (AvgIpc) is 3.19. The van der Waals surface area contributed by atoms with E-state index in [0.29, 0.717) is 19.4 Å². The lowest BCUT2D eigenvalue weighted by molar-refractivity contribution is -0.120. The van der Waals surface area contributed by atoms with Gasteiger partial charge in [0.15, 0.2) is 0 Å². The van der Waals surface area contributed by atoms with E-state index in [-0.39, 0.29) is 23.9 Å². The van der Waals surface area contributed by atoms with Crippen molar-refractivity contribution in [1.82, 2.24) is 15.0 Å². The van der Waals surface area contributed by atoms with E-state index in [1.165, 1.54) is 0 Å². The predicted octanol–water partition coefficient (Wildman–Crippen LogP) is 1.84. The standard InChI is InChI=1S/C11H16F3N5O/c1-3-20-10-17-8(15-2)16-9(18-10)19(7-4-5-7)6-11(12,13)14/h7H,3-6H2,1-2H3,(H,15,16,17,18). The number of nitrogens with one attached hydrogen (secondary N) is 1. The van der Waals surface area contributed by atoms with Gasteiger partial charge in [0, 0.05) is 13.1 Å². The summed E-state index contributed by atoms with van der Waals surface area (Å²) in [6, 6.07) is -0.145. The number of alkyl halides is 3. The van der Waals surface area contributed by atoms with Gasteiger partial charge in [0.1, 0.15) is 6.54 Å². The highest BCUT2D eigenvalue weighted by molar-refractivity contribution is 5.40. The minimum atomic E-state index is -4.30. The molecule has 0 spiro atoms. The van der Waals surface area contributed by atoms with Crippen molar-refractivity contribution in [2.24, 2.45) is 0 Å². The molecule has 1 aliphatic carbocycles. The predicted molar refractivity (Wildman–Crippen MR) is 67.0 cm³/mol. The molecule has 1 fully saturated rings. The van der Waals surface area contributed by atoms with E-state index in [0.717, 1.165) is 4.90 Å². The molecule has 0 aliphatic heterocycles. The fourth-order valence-corrected chi connectivity index (χ4v) is 1.72. The van der Waals surface area contributed by atoms with Crippen LogP contribution in [0.2, 0.25) is 0 Å². The molecule has 20 heavy (non-hydrogen) atoms. The van der Waals surface area contributed by atoms with E-state index in [1.54, 1.807) is 14.0 Å².